The minimum atomic E-state index is 0. The number of aliphatic imine (C=N–C) groups is 1. The number of halogens is 2. The van der Waals surface area contributed by atoms with Gasteiger partial charge in [-0.2, -0.15) is 0 Å². The SMILES string of the molecule is CN=C(NCCc1ccc(Cl)cc1)NC(C)(C)C.I. The summed E-state index contributed by atoms with van der Waals surface area (Å²) in [5.74, 6) is 0.830. The summed E-state index contributed by atoms with van der Waals surface area (Å²) in [6.45, 7) is 7.18. The Morgan fingerprint density at radius 2 is 1.79 bits per heavy atom. The van der Waals surface area contributed by atoms with Crippen molar-refractivity contribution in [3.63, 3.8) is 0 Å². The molecule has 0 aliphatic carbocycles. The molecule has 0 saturated heterocycles. The molecule has 0 atom stereocenters. The van der Waals surface area contributed by atoms with Gasteiger partial charge in [0.1, 0.15) is 0 Å². The van der Waals surface area contributed by atoms with Crippen LogP contribution in [0.3, 0.4) is 0 Å². The number of nitrogens with one attached hydrogen (secondary N) is 2. The zero-order valence-electron chi connectivity index (χ0n) is 12.0. The van der Waals surface area contributed by atoms with E-state index in [1.54, 1.807) is 7.05 Å². The molecular formula is C14H23ClIN3. The van der Waals surface area contributed by atoms with Gasteiger partial charge in [0.2, 0.25) is 0 Å². The summed E-state index contributed by atoms with van der Waals surface area (Å²) in [6.07, 6.45) is 0.946. The highest BCUT2D eigenvalue weighted by molar-refractivity contribution is 14.0. The fourth-order valence-corrected chi connectivity index (χ4v) is 1.64. The zero-order chi connectivity index (χ0) is 13.6. The molecule has 3 nitrogen and oxygen atoms in total. The molecule has 108 valence electrons. The van der Waals surface area contributed by atoms with E-state index in [2.05, 4.69) is 36.4 Å². The lowest BCUT2D eigenvalue weighted by Gasteiger charge is -2.23. The monoisotopic (exact) mass is 395 g/mol. The van der Waals surface area contributed by atoms with Gasteiger partial charge < -0.3 is 10.6 Å². The summed E-state index contributed by atoms with van der Waals surface area (Å²) in [4.78, 5) is 4.19. The molecule has 0 bridgehead atoms. The highest BCUT2D eigenvalue weighted by Crippen LogP contribution is 2.09. The quantitative estimate of drug-likeness (QED) is 0.467. The lowest BCUT2D eigenvalue weighted by molar-refractivity contribution is 0.501. The molecule has 0 aliphatic heterocycles. The molecule has 0 amide bonds. The standard InChI is InChI=1S/C14H22ClN3.HI/c1-14(2,3)18-13(16-4)17-10-9-11-5-7-12(15)8-6-11;/h5-8H,9-10H2,1-4H3,(H2,16,17,18);1H. The normalized spacial score (nSPS) is 11.7. The van der Waals surface area contributed by atoms with E-state index in [-0.39, 0.29) is 29.5 Å². The predicted molar refractivity (Wildman–Crippen MR) is 94.8 cm³/mol. The van der Waals surface area contributed by atoms with Crippen LogP contribution in [-0.2, 0) is 6.42 Å². The van der Waals surface area contributed by atoms with E-state index in [1.165, 1.54) is 5.56 Å². The second-order valence-electron chi connectivity index (χ2n) is 5.25. The third-order valence-electron chi connectivity index (χ3n) is 2.34. The van der Waals surface area contributed by atoms with E-state index < -0.39 is 0 Å². The summed E-state index contributed by atoms with van der Waals surface area (Å²) in [7, 11) is 1.78. The van der Waals surface area contributed by atoms with Crippen LogP contribution in [0.15, 0.2) is 29.3 Å². The molecule has 19 heavy (non-hydrogen) atoms. The van der Waals surface area contributed by atoms with Gasteiger partial charge in [0.05, 0.1) is 0 Å². The third kappa shape index (κ3) is 8.31. The maximum atomic E-state index is 5.85. The van der Waals surface area contributed by atoms with Gasteiger partial charge in [-0.25, -0.2) is 0 Å². The minimum absolute atomic E-state index is 0. The van der Waals surface area contributed by atoms with Gasteiger partial charge >= 0.3 is 0 Å². The number of benzene rings is 1. The maximum Gasteiger partial charge on any atom is 0.191 e. The molecule has 0 saturated carbocycles. The van der Waals surface area contributed by atoms with Crippen LogP contribution >= 0.6 is 35.6 Å². The highest BCUT2D eigenvalue weighted by Gasteiger charge is 2.11. The fourth-order valence-electron chi connectivity index (χ4n) is 1.51. The molecular weight excluding hydrogens is 373 g/mol. The van der Waals surface area contributed by atoms with Gasteiger partial charge in [0.15, 0.2) is 5.96 Å². The first-order valence-corrected chi connectivity index (χ1v) is 6.52. The van der Waals surface area contributed by atoms with Crippen LogP contribution < -0.4 is 10.6 Å². The summed E-state index contributed by atoms with van der Waals surface area (Å²) in [5, 5.41) is 7.39. The number of hydrogen-bond donors (Lipinski definition) is 2. The van der Waals surface area contributed by atoms with Crippen molar-refractivity contribution in [3.05, 3.63) is 34.9 Å². The molecule has 1 aromatic rings. The first-order chi connectivity index (χ1) is 8.40. The van der Waals surface area contributed by atoms with Gasteiger partial charge in [-0.1, -0.05) is 23.7 Å². The molecule has 5 heteroatoms. The first kappa shape index (κ1) is 18.5. The Morgan fingerprint density at radius 3 is 2.26 bits per heavy atom. The number of guanidine groups is 1. The smallest absolute Gasteiger partial charge is 0.191 e. The van der Waals surface area contributed by atoms with E-state index in [0.717, 1.165) is 23.9 Å². The van der Waals surface area contributed by atoms with Gasteiger partial charge in [-0.3, -0.25) is 4.99 Å². The first-order valence-electron chi connectivity index (χ1n) is 6.14. The average Bonchev–Trinajstić information content (AvgIpc) is 2.29. The van der Waals surface area contributed by atoms with Crippen molar-refractivity contribution < 1.29 is 0 Å². The van der Waals surface area contributed by atoms with Crippen molar-refractivity contribution in [2.75, 3.05) is 13.6 Å². The Bertz CT molecular complexity index is 396. The topological polar surface area (TPSA) is 36.4 Å². The van der Waals surface area contributed by atoms with Crippen LogP contribution in [0.4, 0.5) is 0 Å². The molecule has 1 aromatic carbocycles. The van der Waals surface area contributed by atoms with Gasteiger partial charge in [-0.05, 0) is 44.9 Å². The van der Waals surface area contributed by atoms with Crippen molar-refractivity contribution in [3.8, 4) is 0 Å². The molecule has 1 rings (SSSR count). The number of nitrogens with zero attached hydrogens (tertiary/aromatic N) is 1. The second-order valence-corrected chi connectivity index (χ2v) is 5.69. The summed E-state index contributed by atoms with van der Waals surface area (Å²) in [6, 6.07) is 7.92. The third-order valence-corrected chi connectivity index (χ3v) is 2.59. The van der Waals surface area contributed by atoms with Crippen molar-refractivity contribution in [1.82, 2.24) is 10.6 Å². The van der Waals surface area contributed by atoms with E-state index in [4.69, 9.17) is 11.6 Å². The van der Waals surface area contributed by atoms with Crippen LogP contribution in [0.2, 0.25) is 5.02 Å². The Balaban J connectivity index is 0.00000324. The van der Waals surface area contributed by atoms with Gasteiger partial charge in [-0.15, -0.1) is 24.0 Å². The Kier molecular flexibility index (Phi) is 8.41. The Labute approximate surface area is 138 Å². The largest absolute Gasteiger partial charge is 0.356 e. The Morgan fingerprint density at radius 1 is 1.21 bits per heavy atom. The molecule has 0 heterocycles. The maximum absolute atomic E-state index is 5.85. The van der Waals surface area contributed by atoms with Crippen LogP contribution in [-0.4, -0.2) is 25.1 Å². The second kappa shape index (κ2) is 8.64. The predicted octanol–water partition coefficient (Wildman–Crippen LogP) is 3.46. The summed E-state index contributed by atoms with van der Waals surface area (Å²) >= 11 is 5.85. The van der Waals surface area contributed by atoms with Crippen molar-refractivity contribution in [2.24, 2.45) is 4.99 Å². The zero-order valence-corrected chi connectivity index (χ0v) is 15.0. The molecule has 0 radical (unpaired) electrons. The average molecular weight is 396 g/mol. The number of hydrogen-bond acceptors (Lipinski definition) is 1. The summed E-state index contributed by atoms with van der Waals surface area (Å²) in [5.41, 5.74) is 1.28. The van der Waals surface area contributed by atoms with E-state index in [1.807, 2.05) is 24.3 Å². The van der Waals surface area contributed by atoms with Crippen molar-refractivity contribution in [2.45, 2.75) is 32.7 Å². The van der Waals surface area contributed by atoms with E-state index >= 15 is 0 Å². The minimum Gasteiger partial charge on any atom is -0.356 e. The highest BCUT2D eigenvalue weighted by atomic mass is 127. The van der Waals surface area contributed by atoms with Gasteiger partial charge in [0, 0.05) is 24.2 Å². The molecule has 0 aliphatic rings. The molecule has 0 aromatic heterocycles. The van der Waals surface area contributed by atoms with Crippen molar-refractivity contribution >= 4 is 41.5 Å². The summed E-state index contributed by atoms with van der Waals surface area (Å²) < 4.78 is 0. The van der Waals surface area contributed by atoms with E-state index in [0.29, 0.717) is 0 Å². The Hall–Kier alpha value is -0.490. The fraction of sp³-hybridized carbons (Fsp3) is 0.500. The van der Waals surface area contributed by atoms with Crippen LogP contribution in [0.5, 0.6) is 0 Å². The lowest BCUT2D eigenvalue weighted by Crippen LogP contribution is -2.48. The van der Waals surface area contributed by atoms with Crippen LogP contribution in [0.25, 0.3) is 0 Å². The molecule has 0 spiro atoms. The molecule has 2 N–H and O–H groups in total. The van der Waals surface area contributed by atoms with Crippen molar-refractivity contribution in [1.29, 1.82) is 0 Å². The lowest BCUT2D eigenvalue weighted by atomic mass is 10.1. The molecule has 0 fully saturated rings. The van der Waals surface area contributed by atoms with Gasteiger partial charge in [0.25, 0.3) is 0 Å². The molecule has 0 unspecified atom stereocenters. The van der Waals surface area contributed by atoms with Crippen LogP contribution in [0.1, 0.15) is 26.3 Å². The number of rotatable bonds is 3. The van der Waals surface area contributed by atoms with E-state index in [9.17, 15) is 0 Å². The van der Waals surface area contributed by atoms with Crippen LogP contribution in [0, 0.1) is 0 Å².